The molecule has 3 rings (SSSR count). The van der Waals surface area contributed by atoms with Crippen molar-refractivity contribution in [2.75, 3.05) is 38.6 Å². The van der Waals surface area contributed by atoms with Gasteiger partial charge < -0.3 is 30.7 Å². The van der Waals surface area contributed by atoms with Crippen molar-refractivity contribution >= 4 is 29.7 Å². The van der Waals surface area contributed by atoms with Crippen LogP contribution in [0.5, 0.6) is 0 Å². The highest BCUT2D eigenvalue weighted by atomic mass is 32.2. The van der Waals surface area contributed by atoms with Gasteiger partial charge in [-0.3, -0.25) is 4.79 Å². The number of hydrogen-bond acceptors (Lipinski definition) is 6. The van der Waals surface area contributed by atoms with Gasteiger partial charge in [-0.15, -0.1) is 11.8 Å². The fraction of sp³-hybridized carbons (Fsp3) is 0.750. The maximum atomic E-state index is 12.3. The summed E-state index contributed by atoms with van der Waals surface area (Å²) < 4.78 is 5.17. The van der Waals surface area contributed by atoms with Crippen LogP contribution in [0.4, 0.5) is 4.79 Å². The number of nitrogens with one attached hydrogen (secondary N) is 1. The van der Waals surface area contributed by atoms with Crippen molar-refractivity contribution in [3.8, 4) is 0 Å². The number of amides is 3. The second kappa shape index (κ2) is 5.60. The zero-order valence-corrected chi connectivity index (χ0v) is 12.7. The predicted octanol–water partition coefficient (Wildman–Crippen LogP) is -1.91. The summed E-state index contributed by atoms with van der Waals surface area (Å²) in [4.78, 5) is 38.7. The van der Waals surface area contributed by atoms with Gasteiger partial charge in [0.1, 0.15) is 11.4 Å². The Hall–Kier alpha value is -1.52. The minimum Gasteiger partial charge on any atom is -0.479 e. The first-order chi connectivity index (χ1) is 10.4. The van der Waals surface area contributed by atoms with Crippen LogP contribution >= 0.6 is 11.8 Å². The molecule has 3 saturated heterocycles. The van der Waals surface area contributed by atoms with Crippen LogP contribution in [0.15, 0.2) is 0 Å². The molecule has 3 aliphatic heterocycles. The SMILES string of the molecule is NC1C(=O)N2CC(NC(=O)N3CCOCC3)(C(=O)O)CS[C@H]12. The summed E-state index contributed by atoms with van der Waals surface area (Å²) in [5, 5.41) is 12.0. The van der Waals surface area contributed by atoms with E-state index in [0.29, 0.717) is 26.3 Å². The third kappa shape index (κ3) is 2.40. The maximum Gasteiger partial charge on any atom is 0.332 e. The number of morpholine rings is 1. The van der Waals surface area contributed by atoms with E-state index in [-0.39, 0.29) is 23.6 Å². The third-order valence-corrected chi connectivity index (χ3v) is 5.73. The number of carbonyl (C=O) groups excluding carboxylic acids is 2. The molecule has 3 heterocycles. The van der Waals surface area contributed by atoms with Crippen molar-refractivity contribution < 1.29 is 24.2 Å². The molecule has 4 N–H and O–H groups in total. The normalized spacial score (nSPS) is 34.7. The molecule has 0 spiro atoms. The van der Waals surface area contributed by atoms with E-state index in [1.807, 2.05) is 0 Å². The zero-order valence-electron chi connectivity index (χ0n) is 11.9. The second-order valence-corrected chi connectivity index (χ2v) is 6.72. The minimum absolute atomic E-state index is 0.0530. The molecule has 3 atom stereocenters. The highest BCUT2D eigenvalue weighted by molar-refractivity contribution is 8.00. The smallest absolute Gasteiger partial charge is 0.332 e. The molecular weight excluding hydrogens is 312 g/mol. The lowest BCUT2D eigenvalue weighted by atomic mass is 9.97. The molecule has 0 aromatic carbocycles. The number of hydrogen-bond donors (Lipinski definition) is 3. The Labute approximate surface area is 131 Å². The van der Waals surface area contributed by atoms with Gasteiger partial charge in [0, 0.05) is 18.8 Å². The average molecular weight is 330 g/mol. The van der Waals surface area contributed by atoms with Gasteiger partial charge in [-0.05, 0) is 0 Å². The van der Waals surface area contributed by atoms with Crippen LogP contribution in [0.3, 0.4) is 0 Å². The fourth-order valence-corrected chi connectivity index (χ4v) is 4.21. The van der Waals surface area contributed by atoms with E-state index in [1.54, 1.807) is 0 Å². The van der Waals surface area contributed by atoms with E-state index in [4.69, 9.17) is 10.5 Å². The van der Waals surface area contributed by atoms with Gasteiger partial charge in [0.25, 0.3) is 0 Å². The first-order valence-corrected chi connectivity index (χ1v) is 8.05. The van der Waals surface area contributed by atoms with Crippen LogP contribution in [0.2, 0.25) is 0 Å². The van der Waals surface area contributed by atoms with Gasteiger partial charge >= 0.3 is 12.0 Å². The molecule has 0 radical (unpaired) electrons. The van der Waals surface area contributed by atoms with Crippen LogP contribution in [0.1, 0.15) is 0 Å². The van der Waals surface area contributed by atoms with Crippen molar-refractivity contribution in [2.45, 2.75) is 17.0 Å². The highest BCUT2D eigenvalue weighted by Gasteiger charge is 2.56. The van der Waals surface area contributed by atoms with Crippen LogP contribution in [-0.4, -0.2) is 88.4 Å². The van der Waals surface area contributed by atoms with E-state index in [1.165, 1.54) is 21.6 Å². The molecule has 3 aliphatic rings. The standard InChI is InChI=1S/C12H18N4O5S/c13-7-8(17)16-5-12(10(18)19,6-22-9(7)16)14-11(20)15-1-3-21-4-2-15/h7,9H,1-6,13H2,(H,14,20)(H,18,19)/t7?,9-,12?/m1/s1. The van der Waals surface area contributed by atoms with Gasteiger partial charge in [0.2, 0.25) is 5.91 Å². The third-order valence-electron chi connectivity index (χ3n) is 4.18. The Morgan fingerprint density at radius 3 is 2.73 bits per heavy atom. The van der Waals surface area contributed by atoms with Crippen molar-refractivity contribution in [3.63, 3.8) is 0 Å². The largest absolute Gasteiger partial charge is 0.479 e. The number of ether oxygens (including phenoxy) is 1. The van der Waals surface area contributed by atoms with Gasteiger partial charge in [-0.25, -0.2) is 9.59 Å². The number of fused-ring (bicyclic) bond motifs is 1. The summed E-state index contributed by atoms with van der Waals surface area (Å²) in [5.41, 5.74) is 4.21. The summed E-state index contributed by atoms with van der Waals surface area (Å²) in [6.07, 6.45) is 0. The number of nitrogens with zero attached hydrogens (tertiary/aromatic N) is 2. The van der Waals surface area contributed by atoms with E-state index in [9.17, 15) is 19.5 Å². The number of carbonyl (C=O) groups is 3. The zero-order chi connectivity index (χ0) is 15.9. The minimum atomic E-state index is -1.48. The quantitative estimate of drug-likeness (QED) is 0.505. The van der Waals surface area contributed by atoms with Gasteiger partial charge in [0.05, 0.1) is 19.8 Å². The first-order valence-electron chi connectivity index (χ1n) is 7.00. The monoisotopic (exact) mass is 330 g/mol. The number of carboxylic acid groups (broad SMARTS) is 1. The number of β-lactam (4-membered cyclic amide) rings is 1. The van der Waals surface area contributed by atoms with E-state index >= 15 is 0 Å². The summed E-state index contributed by atoms with van der Waals surface area (Å²) in [5.74, 6) is -1.24. The molecule has 0 aromatic heterocycles. The molecule has 122 valence electrons. The maximum absolute atomic E-state index is 12.3. The second-order valence-electron chi connectivity index (χ2n) is 5.61. The molecule has 22 heavy (non-hydrogen) atoms. The number of nitrogens with two attached hydrogens (primary N) is 1. The molecule has 3 amide bonds. The van der Waals surface area contributed by atoms with Gasteiger partial charge in [0.15, 0.2) is 5.54 Å². The number of urea groups is 1. The topological polar surface area (TPSA) is 125 Å². The number of thioether (sulfide) groups is 1. The lowest BCUT2D eigenvalue weighted by Gasteiger charge is -2.52. The summed E-state index contributed by atoms with van der Waals surface area (Å²) in [6, 6.07) is -1.02. The molecule has 0 saturated carbocycles. The lowest BCUT2D eigenvalue weighted by Crippen LogP contribution is -2.77. The van der Waals surface area contributed by atoms with E-state index in [2.05, 4.69) is 5.32 Å². The van der Waals surface area contributed by atoms with Crippen molar-refractivity contribution in [3.05, 3.63) is 0 Å². The molecule has 10 heteroatoms. The number of rotatable bonds is 2. The Morgan fingerprint density at radius 2 is 2.09 bits per heavy atom. The highest BCUT2D eigenvalue weighted by Crippen LogP contribution is 2.37. The Morgan fingerprint density at radius 1 is 1.41 bits per heavy atom. The Balaban J connectivity index is 1.71. The van der Waals surface area contributed by atoms with Crippen LogP contribution in [-0.2, 0) is 14.3 Å². The van der Waals surface area contributed by atoms with Crippen LogP contribution < -0.4 is 11.1 Å². The Bertz CT molecular complexity index is 512. The van der Waals surface area contributed by atoms with Gasteiger partial charge in [-0.2, -0.15) is 0 Å². The van der Waals surface area contributed by atoms with E-state index < -0.39 is 23.6 Å². The summed E-state index contributed by atoms with van der Waals surface area (Å²) in [7, 11) is 0. The lowest BCUT2D eigenvalue weighted by molar-refractivity contribution is -0.152. The van der Waals surface area contributed by atoms with Crippen LogP contribution in [0, 0.1) is 0 Å². The van der Waals surface area contributed by atoms with Crippen molar-refractivity contribution in [1.82, 2.24) is 15.1 Å². The van der Waals surface area contributed by atoms with Crippen molar-refractivity contribution in [2.24, 2.45) is 5.73 Å². The molecule has 3 fully saturated rings. The molecular formula is C12H18N4O5S. The molecule has 9 nitrogen and oxygen atoms in total. The van der Waals surface area contributed by atoms with E-state index in [0.717, 1.165) is 0 Å². The molecule has 0 aliphatic carbocycles. The average Bonchev–Trinajstić information content (AvgIpc) is 2.54. The summed E-state index contributed by atoms with van der Waals surface area (Å²) >= 11 is 1.29. The number of carboxylic acids is 1. The molecule has 0 bridgehead atoms. The number of aliphatic carboxylic acids is 1. The van der Waals surface area contributed by atoms with Gasteiger partial charge in [-0.1, -0.05) is 0 Å². The first kappa shape index (κ1) is 15.4. The molecule has 0 aromatic rings. The Kier molecular flexibility index (Phi) is 3.91. The molecule has 2 unspecified atom stereocenters. The summed E-state index contributed by atoms with van der Waals surface area (Å²) in [6.45, 7) is 1.66. The predicted molar refractivity (Wildman–Crippen MR) is 77.2 cm³/mol. The van der Waals surface area contributed by atoms with Crippen LogP contribution in [0.25, 0.3) is 0 Å². The van der Waals surface area contributed by atoms with Crippen molar-refractivity contribution in [1.29, 1.82) is 0 Å². The fourth-order valence-electron chi connectivity index (χ4n) is 2.78.